The minimum Gasteiger partial charge on any atom is -0.351 e. The molecule has 0 saturated heterocycles. The third kappa shape index (κ3) is 2.20. The monoisotopic (exact) mass is 251 g/mol. The number of rotatable bonds is 2. The van der Waals surface area contributed by atoms with Gasteiger partial charge in [0.2, 0.25) is 0 Å². The van der Waals surface area contributed by atoms with Crippen LogP contribution in [0.5, 0.6) is 0 Å². The summed E-state index contributed by atoms with van der Waals surface area (Å²) in [6.07, 6.45) is 5.28. The maximum Gasteiger partial charge on any atom is 0.255 e. The average Bonchev–Trinajstić information content (AvgIpc) is 2.81. The van der Waals surface area contributed by atoms with Gasteiger partial charge in [0.15, 0.2) is 0 Å². The first-order valence-corrected chi connectivity index (χ1v) is 6.00. The number of nitrogens with zero attached hydrogens (tertiary/aromatic N) is 2. The highest BCUT2D eigenvalue weighted by molar-refractivity contribution is 6.06. The fraction of sp³-hybridized carbons (Fsp3) is 0.0667. The number of hydrogen-bond acceptors (Lipinski definition) is 2. The van der Waals surface area contributed by atoms with Crippen LogP contribution in [0.25, 0.3) is 10.9 Å². The second-order valence-electron chi connectivity index (χ2n) is 4.40. The van der Waals surface area contributed by atoms with Gasteiger partial charge in [-0.1, -0.05) is 0 Å². The molecule has 0 aliphatic rings. The first-order chi connectivity index (χ1) is 9.24. The molecule has 4 nitrogen and oxygen atoms in total. The standard InChI is InChI=1S/C15H13N3O/c1-18-8-6-11-9-12(4-5-14(11)18)15(19)17-13-3-2-7-16-10-13/h2-10H,1H3,(H,17,19). The molecule has 0 saturated carbocycles. The summed E-state index contributed by atoms with van der Waals surface area (Å²) in [7, 11) is 1.98. The molecular formula is C15H13N3O. The summed E-state index contributed by atoms with van der Waals surface area (Å²) in [5.41, 5.74) is 2.45. The highest BCUT2D eigenvalue weighted by atomic mass is 16.1. The molecule has 0 unspecified atom stereocenters. The molecule has 0 radical (unpaired) electrons. The Bertz CT molecular complexity index is 731. The summed E-state index contributed by atoms with van der Waals surface area (Å²) in [5.74, 6) is -0.126. The Hall–Kier alpha value is -2.62. The van der Waals surface area contributed by atoms with Gasteiger partial charge in [-0.05, 0) is 36.4 Å². The summed E-state index contributed by atoms with van der Waals surface area (Å²) in [6, 6.07) is 11.3. The molecule has 19 heavy (non-hydrogen) atoms. The Labute approximate surface area is 110 Å². The number of pyridine rings is 1. The van der Waals surface area contributed by atoms with Crippen molar-refractivity contribution < 1.29 is 4.79 Å². The molecular weight excluding hydrogens is 238 g/mol. The molecule has 0 aliphatic carbocycles. The van der Waals surface area contributed by atoms with Crippen LogP contribution >= 0.6 is 0 Å². The third-order valence-corrected chi connectivity index (χ3v) is 3.07. The zero-order valence-corrected chi connectivity index (χ0v) is 10.5. The van der Waals surface area contributed by atoms with E-state index in [0.717, 1.165) is 10.9 Å². The van der Waals surface area contributed by atoms with E-state index in [1.807, 2.05) is 48.1 Å². The highest BCUT2D eigenvalue weighted by Gasteiger charge is 2.07. The van der Waals surface area contributed by atoms with E-state index in [-0.39, 0.29) is 5.91 Å². The summed E-state index contributed by atoms with van der Waals surface area (Å²) in [5, 5.41) is 3.88. The van der Waals surface area contributed by atoms with Crippen molar-refractivity contribution in [2.24, 2.45) is 7.05 Å². The van der Waals surface area contributed by atoms with E-state index in [4.69, 9.17) is 0 Å². The van der Waals surface area contributed by atoms with Crippen LogP contribution in [-0.2, 0) is 7.05 Å². The zero-order valence-electron chi connectivity index (χ0n) is 10.5. The molecule has 0 atom stereocenters. The van der Waals surface area contributed by atoms with Gasteiger partial charge in [-0.2, -0.15) is 0 Å². The third-order valence-electron chi connectivity index (χ3n) is 3.07. The molecule has 2 heterocycles. The number of benzene rings is 1. The van der Waals surface area contributed by atoms with Crippen molar-refractivity contribution in [1.29, 1.82) is 0 Å². The van der Waals surface area contributed by atoms with Gasteiger partial charge in [0, 0.05) is 35.9 Å². The minimum absolute atomic E-state index is 0.126. The van der Waals surface area contributed by atoms with Crippen molar-refractivity contribution >= 4 is 22.5 Å². The SMILES string of the molecule is Cn1ccc2cc(C(=O)Nc3cccnc3)ccc21. The lowest BCUT2D eigenvalue weighted by Gasteiger charge is -2.05. The lowest BCUT2D eigenvalue weighted by Crippen LogP contribution is -2.11. The van der Waals surface area contributed by atoms with Gasteiger partial charge in [-0.25, -0.2) is 0 Å². The normalized spacial score (nSPS) is 10.6. The van der Waals surface area contributed by atoms with Crippen LogP contribution in [0.4, 0.5) is 5.69 Å². The molecule has 1 N–H and O–H groups in total. The van der Waals surface area contributed by atoms with Crippen LogP contribution in [0.15, 0.2) is 55.0 Å². The van der Waals surface area contributed by atoms with E-state index in [1.165, 1.54) is 0 Å². The second kappa shape index (κ2) is 4.57. The number of hydrogen-bond donors (Lipinski definition) is 1. The number of amides is 1. The van der Waals surface area contributed by atoms with Gasteiger partial charge in [0.05, 0.1) is 11.9 Å². The Morgan fingerprint density at radius 1 is 1.26 bits per heavy atom. The number of fused-ring (bicyclic) bond motifs is 1. The molecule has 1 aromatic carbocycles. The van der Waals surface area contributed by atoms with Gasteiger partial charge in [-0.3, -0.25) is 9.78 Å². The Balaban J connectivity index is 1.89. The topological polar surface area (TPSA) is 46.9 Å². The molecule has 4 heteroatoms. The second-order valence-corrected chi connectivity index (χ2v) is 4.40. The number of nitrogens with one attached hydrogen (secondary N) is 1. The molecule has 0 bridgehead atoms. The zero-order chi connectivity index (χ0) is 13.2. The Morgan fingerprint density at radius 2 is 2.16 bits per heavy atom. The average molecular weight is 251 g/mol. The lowest BCUT2D eigenvalue weighted by atomic mass is 10.1. The van der Waals surface area contributed by atoms with Crippen LogP contribution in [0, 0.1) is 0 Å². The van der Waals surface area contributed by atoms with Gasteiger partial charge in [0.25, 0.3) is 5.91 Å². The summed E-state index contributed by atoms with van der Waals surface area (Å²) >= 11 is 0. The molecule has 2 aromatic heterocycles. The maximum atomic E-state index is 12.1. The minimum atomic E-state index is -0.126. The maximum absolute atomic E-state index is 12.1. The van der Waals surface area contributed by atoms with E-state index in [1.54, 1.807) is 18.5 Å². The fourth-order valence-electron chi connectivity index (χ4n) is 2.06. The largest absolute Gasteiger partial charge is 0.351 e. The molecule has 3 aromatic rings. The van der Waals surface area contributed by atoms with Gasteiger partial charge >= 0.3 is 0 Å². The molecule has 0 spiro atoms. The number of carbonyl (C=O) groups excluding carboxylic acids is 1. The van der Waals surface area contributed by atoms with E-state index in [0.29, 0.717) is 11.3 Å². The van der Waals surface area contributed by atoms with Gasteiger partial charge in [-0.15, -0.1) is 0 Å². The van der Waals surface area contributed by atoms with Crippen molar-refractivity contribution in [2.75, 3.05) is 5.32 Å². The molecule has 0 fully saturated rings. The number of aromatic nitrogens is 2. The predicted molar refractivity (Wildman–Crippen MR) is 75.1 cm³/mol. The molecule has 3 rings (SSSR count). The quantitative estimate of drug-likeness (QED) is 0.761. The van der Waals surface area contributed by atoms with E-state index >= 15 is 0 Å². The number of anilines is 1. The predicted octanol–water partition coefficient (Wildman–Crippen LogP) is 2.83. The van der Waals surface area contributed by atoms with Crippen LogP contribution in [0.2, 0.25) is 0 Å². The van der Waals surface area contributed by atoms with Crippen molar-refractivity contribution in [3.05, 3.63) is 60.6 Å². The van der Waals surface area contributed by atoms with Crippen LogP contribution in [0.1, 0.15) is 10.4 Å². The summed E-state index contributed by atoms with van der Waals surface area (Å²) in [4.78, 5) is 16.1. The van der Waals surface area contributed by atoms with E-state index in [2.05, 4.69) is 10.3 Å². The van der Waals surface area contributed by atoms with Gasteiger partial charge < -0.3 is 9.88 Å². The smallest absolute Gasteiger partial charge is 0.255 e. The van der Waals surface area contributed by atoms with Crippen LogP contribution in [-0.4, -0.2) is 15.5 Å². The van der Waals surface area contributed by atoms with Gasteiger partial charge in [0.1, 0.15) is 0 Å². The van der Waals surface area contributed by atoms with Crippen LogP contribution in [0.3, 0.4) is 0 Å². The highest BCUT2D eigenvalue weighted by Crippen LogP contribution is 2.17. The van der Waals surface area contributed by atoms with Crippen molar-refractivity contribution in [1.82, 2.24) is 9.55 Å². The Kier molecular flexibility index (Phi) is 2.76. The van der Waals surface area contributed by atoms with E-state index < -0.39 is 0 Å². The van der Waals surface area contributed by atoms with E-state index in [9.17, 15) is 4.79 Å². The van der Waals surface area contributed by atoms with Crippen molar-refractivity contribution in [3.63, 3.8) is 0 Å². The summed E-state index contributed by atoms with van der Waals surface area (Å²) < 4.78 is 2.03. The number of carbonyl (C=O) groups is 1. The summed E-state index contributed by atoms with van der Waals surface area (Å²) in [6.45, 7) is 0. The molecule has 1 amide bonds. The Morgan fingerprint density at radius 3 is 2.95 bits per heavy atom. The lowest BCUT2D eigenvalue weighted by molar-refractivity contribution is 0.102. The van der Waals surface area contributed by atoms with Crippen molar-refractivity contribution in [3.8, 4) is 0 Å². The van der Waals surface area contributed by atoms with Crippen molar-refractivity contribution in [2.45, 2.75) is 0 Å². The number of aryl methyl sites for hydroxylation is 1. The molecule has 94 valence electrons. The first kappa shape index (κ1) is 11.5. The fourth-order valence-corrected chi connectivity index (χ4v) is 2.06. The van der Waals surface area contributed by atoms with Crippen LogP contribution < -0.4 is 5.32 Å². The molecule has 0 aliphatic heterocycles. The first-order valence-electron chi connectivity index (χ1n) is 6.00.